The minimum Gasteiger partial charge on any atom is -0.397 e. The van der Waals surface area contributed by atoms with Gasteiger partial charge in [0.15, 0.2) is 0 Å². The van der Waals surface area contributed by atoms with E-state index in [9.17, 15) is 9.59 Å². The highest BCUT2D eigenvalue weighted by atomic mass is 35.5. The average Bonchev–Trinajstić information content (AvgIpc) is 2.96. The van der Waals surface area contributed by atoms with Crippen LogP contribution in [-0.2, 0) is 0 Å². The Kier molecular flexibility index (Phi) is 5.45. The summed E-state index contributed by atoms with van der Waals surface area (Å²) in [7, 11) is 0. The molecule has 144 valence electrons. The fourth-order valence-electron chi connectivity index (χ4n) is 2.85. The number of aryl methyl sites for hydroxylation is 3. The van der Waals surface area contributed by atoms with Crippen LogP contribution in [0, 0.1) is 20.8 Å². The number of halogens is 1. The maximum Gasteiger partial charge on any atom is 0.253 e. The highest BCUT2D eigenvalue weighted by Gasteiger charge is 2.26. The molecule has 0 radical (unpaired) electrons. The monoisotopic (exact) mass is 413 g/mol. The quantitative estimate of drug-likeness (QED) is 0.513. The topological polar surface area (TPSA) is 98.2 Å². The number of nitrogen functional groups attached to an aromatic ring is 1. The first-order valence-electron chi connectivity index (χ1n) is 8.56. The second-order valence-corrected chi connectivity index (χ2v) is 8.08. The molecule has 0 aliphatic carbocycles. The normalized spacial score (nSPS) is 10.7. The Hall–Kier alpha value is -2.83. The molecular weight excluding hydrogens is 394 g/mol. The zero-order chi connectivity index (χ0) is 20.6. The largest absolute Gasteiger partial charge is 0.397 e. The minimum absolute atomic E-state index is 0.0871. The van der Waals surface area contributed by atoms with Gasteiger partial charge in [0.05, 0.1) is 11.3 Å². The number of hydrogen-bond donors (Lipinski definition) is 3. The molecule has 1 amide bonds. The van der Waals surface area contributed by atoms with Gasteiger partial charge in [-0.3, -0.25) is 9.59 Å². The molecule has 5 nitrogen and oxygen atoms in total. The van der Waals surface area contributed by atoms with Crippen molar-refractivity contribution in [3.05, 3.63) is 74.1 Å². The second kappa shape index (κ2) is 7.66. The molecule has 1 aromatic heterocycles. The number of nitrogens with two attached hydrogens (primary N) is 2. The number of carbonyl (C=O) groups is 2. The Balaban J connectivity index is 2.07. The van der Waals surface area contributed by atoms with E-state index in [1.807, 2.05) is 51.1 Å². The number of nitrogens with one attached hydrogen (secondary N) is 1. The Morgan fingerprint density at radius 3 is 2.36 bits per heavy atom. The number of ketones is 1. The molecule has 0 saturated heterocycles. The van der Waals surface area contributed by atoms with E-state index < -0.39 is 5.91 Å². The van der Waals surface area contributed by atoms with Gasteiger partial charge in [-0.2, -0.15) is 0 Å². The van der Waals surface area contributed by atoms with Gasteiger partial charge in [-0.25, -0.2) is 0 Å². The summed E-state index contributed by atoms with van der Waals surface area (Å²) in [4.78, 5) is 25.4. The molecule has 2 aromatic carbocycles. The van der Waals surface area contributed by atoms with Crippen molar-refractivity contribution in [3.8, 4) is 0 Å². The van der Waals surface area contributed by atoms with Crippen molar-refractivity contribution in [2.75, 3.05) is 11.1 Å². The predicted molar refractivity (Wildman–Crippen MR) is 116 cm³/mol. The molecule has 0 saturated carbocycles. The molecule has 0 bridgehead atoms. The van der Waals surface area contributed by atoms with Crippen molar-refractivity contribution in [3.63, 3.8) is 0 Å². The number of thiophene rings is 1. The third-order valence-corrected chi connectivity index (χ3v) is 5.99. The van der Waals surface area contributed by atoms with E-state index in [0.29, 0.717) is 21.3 Å². The van der Waals surface area contributed by atoms with Gasteiger partial charge in [0.2, 0.25) is 5.78 Å². The third kappa shape index (κ3) is 3.74. The fourth-order valence-corrected chi connectivity index (χ4v) is 4.13. The molecule has 7 heteroatoms. The van der Waals surface area contributed by atoms with Crippen LogP contribution in [0.15, 0.2) is 36.4 Å². The molecule has 5 N–H and O–H groups in total. The minimum atomic E-state index is -0.700. The second-order valence-electron chi connectivity index (χ2n) is 6.65. The van der Waals surface area contributed by atoms with Crippen LogP contribution in [0.2, 0.25) is 5.02 Å². The van der Waals surface area contributed by atoms with E-state index in [0.717, 1.165) is 28.0 Å². The van der Waals surface area contributed by atoms with Crippen LogP contribution < -0.4 is 16.8 Å². The van der Waals surface area contributed by atoms with E-state index in [-0.39, 0.29) is 21.9 Å². The van der Waals surface area contributed by atoms with E-state index in [1.165, 1.54) is 0 Å². The lowest BCUT2D eigenvalue weighted by atomic mass is 10.00. The van der Waals surface area contributed by atoms with Gasteiger partial charge in [-0.15, -0.1) is 11.3 Å². The molecule has 0 atom stereocenters. The molecule has 0 aliphatic heterocycles. The highest BCUT2D eigenvalue weighted by Crippen LogP contribution is 2.39. The van der Waals surface area contributed by atoms with Gasteiger partial charge in [-0.05, 0) is 50.1 Å². The molecule has 3 rings (SSSR count). The zero-order valence-electron chi connectivity index (χ0n) is 15.7. The summed E-state index contributed by atoms with van der Waals surface area (Å²) in [6, 6.07) is 11.1. The number of carbonyl (C=O) groups excluding carboxylic acids is 2. The number of primary amides is 1. The van der Waals surface area contributed by atoms with Gasteiger partial charge >= 0.3 is 0 Å². The van der Waals surface area contributed by atoms with E-state index in [4.69, 9.17) is 23.1 Å². The van der Waals surface area contributed by atoms with Gasteiger partial charge in [0.1, 0.15) is 9.88 Å². The summed E-state index contributed by atoms with van der Waals surface area (Å²) in [5.74, 6) is -0.935. The summed E-state index contributed by atoms with van der Waals surface area (Å²) in [6.45, 7) is 5.67. The van der Waals surface area contributed by atoms with Crippen LogP contribution in [0.1, 0.15) is 42.3 Å². The number of amides is 1. The van der Waals surface area contributed by atoms with Crippen LogP contribution in [0.25, 0.3) is 0 Å². The van der Waals surface area contributed by atoms with Crippen molar-refractivity contribution in [2.24, 2.45) is 5.73 Å². The predicted octanol–water partition coefficient (Wildman–Crippen LogP) is 4.98. The van der Waals surface area contributed by atoms with Crippen LogP contribution in [-0.4, -0.2) is 11.7 Å². The van der Waals surface area contributed by atoms with Gasteiger partial charge < -0.3 is 16.8 Å². The summed E-state index contributed by atoms with van der Waals surface area (Å²) in [5, 5.41) is 4.12. The lowest BCUT2D eigenvalue weighted by Gasteiger charge is -2.07. The molecule has 1 heterocycles. The van der Waals surface area contributed by atoms with Gasteiger partial charge in [0.25, 0.3) is 5.91 Å². The molecule has 0 unspecified atom stereocenters. The van der Waals surface area contributed by atoms with Gasteiger partial charge in [0, 0.05) is 16.3 Å². The Bertz CT molecular complexity index is 1110. The Labute approximate surface area is 172 Å². The number of rotatable bonds is 5. The molecule has 28 heavy (non-hydrogen) atoms. The first-order valence-corrected chi connectivity index (χ1v) is 9.75. The zero-order valence-corrected chi connectivity index (χ0v) is 17.3. The van der Waals surface area contributed by atoms with E-state index in [1.54, 1.807) is 6.07 Å². The average molecular weight is 414 g/mol. The highest BCUT2D eigenvalue weighted by molar-refractivity contribution is 7.19. The first kappa shape index (κ1) is 19.9. The molecule has 0 aliphatic rings. The number of anilines is 3. The van der Waals surface area contributed by atoms with Crippen LogP contribution in [0.4, 0.5) is 16.4 Å². The van der Waals surface area contributed by atoms with Gasteiger partial charge in [-0.1, -0.05) is 35.4 Å². The third-order valence-electron chi connectivity index (χ3n) is 4.47. The first-order chi connectivity index (χ1) is 13.2. The van der Waals surface area contributed by atoms with Crippen molar-refractivity contribution < 1.29 is 9.59 Å². The summed E-state index contributed by atoms with van der Waals surface area (Å²) in [5.41, 5.74) is 15.8. The number of hydrogen-bond acceptors (Lipinski definition) is 5. The van der Waals surface area contributed by atoms with Crippen LogP contribution >= 0.6 is 22.9 Å². The fraction of sp³-hybridized carbons (Fsp3) is 0.143. The molecule has 0 fully saturated rings. The smallest absolute Gasteiger partial charge is 0.253 e. The van der Waals surface area contributed by atoms with Crippen molar-refractivity contribution in [2.45, 2.75) is 20.8 Å². The van der Waals surface area contributed by atoms with E-state index in [2.05, 4.69) is 5.32 Å². The maximum absolute atomic E-state index is 13.1. The van der Waals surface area contributed by atoms with Crippen molar-refractivity contribution in [1.29, 1.82) is 0 Å². The summed E-state index contributed by atoms with van der Waals surface area (Å²) >= 11 is 7.28. The maximum atomic E-state index is 13.1. The lowest BCUT2D eigenvalue weighted by Crippen LogP contribution is -2.14. The lowest BCUT2D eigenvalue weighted by molar-refractivity contribution is 0.100. The summed E-state index contributed by atoms with van der Waals surface area (Å²) in [6.07, 6.45) is 0. The van der Waals surface area contributed by atoms with Crippen molar-refractivity contribution in [1.82, 2.24) is 0 Å². The number of benzene rings is 2. The Morgan fingerprint density at radius 1 is 1.04 bits per heavy atom. The summed E-state index contributed by atoms with van der Waals surface area (Å²) < 4.78 is 0. The standard InChI is InChI=1S/C21H20ClN3O2S/c1-10-4-5-11(2)14(8-10)18(26)19-17(23)16(20(24)27)21(28-19)25-13-7-6-12(3)15(22)9-13/h4-9,25H,23H2,1-3H3,(H2,24,27). The van der Waals surface area contributed by atoms with Crippen LogP contribution in [0.5, 0.6) is 0 Å². The molecular formula is C21H20ClN3O2S. The van der Waals surface area contributed by atoms with Crippen molar-refractivity contribution >= 4 is 51.0 Å². The van der Waals surface area contributed by atoms with E-state index >= 15 is 0 Å². The molecule has 0 spiro atoms. The Morgan fingerprint density at radius 2 is 1.71 bits per heavy atom. The van der Waals surface area contributed by atoms with Crippen LogP contribution in [0.3, 0.4) is 0 Å². The molecule has 3 aromatic rings. The SMILES string of the molecule is Cc1ccc(C)c(C(=O)c2sc(Nc3ccc(C)c(Cl)c3)c(C(N)=O)c2N)c1.